The summed E-state index contributed by atoms with van der Waals surface area (Å²) < 4.78 is 0. The minimum absolute atomic E-state index is 0.0636. The lowest BCUT2D eigenvalue weighted by Gasteiger charge is -2.28. The van der Waals surface area contributed by atoms with E-state index in [9.17, 15) is 29.1 Å². The van der Waals surface area contributed by atoms with E-state index >= 15 is 0 Å². The molecule has 1 aliphatic rings. The van der Waals surface area contributed by atoms with Gasteiger partial charge in [0.25, 0.3) is 0 Å². The number of hydrogen-bond donors (Lipinski definition) is 8. The molecule has 0 aromatic heterocycles. The number of carboxylic acids is 1. The average Bonchev–Trinajstić information content (AvgIpc) is 3.23. The number of nitrogens with two attached hydrogens (primary N) is 4. The fourth-order valence-electron chi connectivity index (χ4n) is 3.31. The van der Waals surface area contributed by atoms with E-state index in [1.54, 1.807) is 0 Å². The Kier molecular flexibility index (Phi) is 11.4. The maximum absolute atomic E-state index is 12.9. The number of guanidine groups is 1. The Hall–Kier alpha value is -3.07. The molecule has 4 unspecified atom stereocenters. The van der Waals surface area contributed by atoms with Crippen LogP contribution in [0.4, 0.5) is 0 Å². The van der Waals surface area contributed by atoms with E-state index in [0.717, 1.165) is 0 Å². The highest BCUT2D eigenvalue weighted by atomic mass is 32.1. The van der Waals surface area contributed by atoms with Crippen LogP contribution in [0.1, 0.15) is 32.1 Å². The van der Waals surface area contributed by atoms with Crippen LogP contribution in [0.15, 0.2) is 4.99 Å². The van der Waals surface area contributed by atoms with Gasteiger partial charge in [-0.2, -0.15) is 12.6 Å². The number of primary amides is 1. The topological polar surface area (TPSA) is 249 Å². The highest BCUT2D eigenvalue weighted by molar-refractivity contribution is 7.80. The molecule has 15 heteroatoms. The van der Waals surface area contributed by atoms with Crippen molar-refractivity contribution in [1.82, 2.24) is 15.5 Å². The Balaban J connectivity index is 2.96. The molecule has 33 heavy (non-hydrogen) atoms. The first-order valence-corrected chi connectivity index (χ1v) is 10.9. The minimum Gasteiger partial charge on any atom is -0.480 e. The number of nitrogens with one attached hydrogen (secondary N) is 2. The van der Waals surface area contributed by atoms with Gasteiger partial charge in [0.05, 0.1) is 12.5 Å². The van der Waals surface area contributed by atoms with Crippen molar-refractivity contribution in [3.8, 4) is 0 Å². The maximum atomic E-state index is 12.9. The summed E-state index contributed by atoms with van der Waals surface area (Å²) in [4.78, 5) is 65.7. The maximum Gasteiger partial charge on any atom is 0.326 e. The van der Waals surface area contributed by atoms with Crippen LogP contribution in [0.25, 0.3) is 0 Å². The summed E-state index contributed by atoms with van der Waals surface area (Å²) in [6, 6.07) is -4.44. The van der Waals surface area contributed by atoms with E-state index in [1.807, 2.05) is 0 Å². The van der Waals surface area contributed by atoms with Gasteiger partial charge in [-0.15, -0.1) is 0 Å². The fraction of sp³-hybridized carbons (Fsp3) is 0.667. The molecule has 0 aromatic carbocycles. The third-order valence-corrected chi connectivity index (χ3v) is 5.34. The highest BCUT2D eigenvalue weighted by Gasteiger charge is 2.37. The van der Waals surface area contributed by atoms with Gasteiger partial charge in [0.2, 0.25) is 23.6 Å². The number of hydrogen-bond acceptors (Lipinski definition) is 8. The van der Waals surface area contributed by atoms with E-state index < -0.39 is 60.2 Å². The Bertz CT molecular complexity index is 775. The number of carbonyl (C=O) groups excluding carboxylic acids is 4. The lowest BCUT2D eigenvalue weighted by Crippen LogP contribution is -2.57. The van der Waals surface area contributed by atoms with Crippen molar-refractivity contribution < 1.29 is 29.1 Å². The van der Waals surface area contributed by atoms with E-state index in [-0.39, 0.29) is 31.1 Å². The summed E-state index contributed by atoms with van der Waals surface area (Å²) in [6.07, 6.45) is 0.667. The summed E-state index contributed by atoms with van der Waals surface area (Å²) in [6.45, 7) is 0.496. The number of rotatable bonds is 13. The van der Waals surface area contributed by atoms with Crippen LogP contribution in [0.5, 0.6) is 0 Å². The van der Waals surface area contributed by atoms with Gasteiger partial charge in [-0.25, -0.2) is 4.79 Å². The van der Waals surface area contributed by atoms with Crippen LogP contribution in [0.3, 0.4) is 0 Å². The molecule has 4 amide bonds. The quantitative estimate of drug-likeness (QED) is 0.0547. The summed E-state index contributed by atoms with van der Waals surface area (Å²) in [7, 11) is 0. The van der Waals surface area contributed by atoms with Gasteiger partial charge in [0.15, 0.2) is 5.96 Å². The average molecular weight is 489 g/mol. The van der Waals surface area contributed by atoms with Crippen LogP contribution in [-0.2, 0) is 24.0 Å². The Morgan fingerprint density at radius 2 is 1.79 bits per heavy atom. The van der Waals surface area contributed by atoms with Crippen molar-refractivity contribution in [2.45, 2.75) is 56.3 Å². The zero-order valence-corrected chi connectivity index (χ0v) is 19.0. The highest BCUT2D eigenvalue weighted by Crippen LogP contribution is 2.19. The van der Waals surface area contributed by atoms with Crippen LogP contribution in [-0.4, -0.2) is 88.6 Å². The number of likely N-dealkylation sites (tertiary alicyclic amines) is 1. The predicted molar refractivity (Wildman–Crippen MR) is 122 cm³/mol. The molecule has 0 aromatic rings. The second-order valence-electron chi connectivity index (χ2n) is 7.56. The second kappa shape index (κ2) is 13.5. The SMILES string of the molecule is NC(=O)CC(NC(=O)C(CCCN=C(N)N)NC(=O)C1CCCN1C(=O)C(N)CS)C(=O)O. The van der Waals surface area contributed by atoms with Gasteiger partial charge in [-0.1, -0.05) is 0 Å². The standard InChI is InChI=1S/C18H32N8O6S/c19-9(8-33)16(30)26-6-2-4-12(26)15(29)24-10(3-1-5-23-18(21)22)14(28)25-11(17(31)32)7-13(20)27/h9-12,33H,1-8,19H2,(H2,20,27)(H,24,29)(H,25,28)(H,31,32)(H4,21,22,23). The van der Waals surface area contributed by atoms with E-state index in [2.05, 4.69) is 28.3 Å². The summed E-state index contributed by atoms with van der Waals surface area (Å²) in [5.41, 5.74) is 21.3. The predicted octanol–water partition coefficient (Wildman–Crippen LogP) is -3.78. The first-order valence-electron chi connectivity index (χ1n) is 10.3. The zero-order chi connectivity index (χ0) is 25.1. The summed E-state index contributed by atoms with van der Waals surface area (Å²) in [5, 5.41) is 14.0. The lowest BCUT2D eigenvalue weighted by molar-refractivity contribution is -0.144. The van der Waals surface area contributed by atoms with Gasteiger partial charge in [0.1, 0.15) is 18.1 Å². The van der Waals surface area contributed by atoms with E-state index in [4.69, 9.17) is 22.9 Å². The van der Waals surface area contributed by atoms with Gasteiger partial charge >= 0.3 is 5.97 Å². The number of amides is 4. The molecule has 0 spiro atoms. The number of carboxylic acid groups (broad SMARTS) is 1. The first-order chi connectivity index (χ1) is 15.5. The minimum atomic E-state index is -1.56. The van der Waals surface area contributed by atoms with Gasteiger partial charge in [-0.05, 0) is 25.7 Å². The molecular formula is C18H32N8O6S. The van der Waals surface area contributed by atoms with Crippen molar-refractivity contribution in [1.29, 1.82) is 0 Å². The molecule has 4 atom stereocenters. The van der Waals surface area contributed by atoms with Crippen molar-refractivity contribution in [3.05, 3.63) is 0 Å². The van der Waals surface area contributed by atoms with Gasteiger partial charge < -0.3 is 43.6 Å². The lowest BCUT2D eigenvalue weighted by atomic mass is 10.1. The Labute approximate surface area is 196 Å². The summed E-state index contributed by atoms with van der Waals surface area (Å²) in [5.74, 6) is -4.26. The normalized spacial score (nSPS) is 18.0. The fourth-order valence-corrected chi connectivity index (χ4v) is 3.46. The zero-order valence-electron chi connectivity index (χ0n) is 18.1. The largest absolute Gasteiger partial charge is 0.480 e. The molecule has 1 rings (SSSR count). The molecule has 0 saturated carbocycles. The molecule has 0 radical (unpaired) electrons. The Morgan fingerprint density at radius 1 is 1.12 bits per heavy atom. The van der Waals surface area contributed by atoms with Crippen LogP contribution in [0.2, 0.25) is 0 Å². The Morgan fingerprint density at radius 3 is 2.33 bits per heavy atom. The summed E-state index contributed by atoms with van der Waals surface area (Å²) >= 11 is 4.01. The molecule has 186 valence electrons. The van der Waals surface area contributed by atoms with E-state index in [0.29, 0.717) is 19.4 Å². The van der Waals surface area contributed by atoms with Crippen molar-refractivity contribution in [2.24, 2.45) is 27.9 Å². The van der Waals surface area contributed by atoms with Crippen molar-refractivity contribution in [2.75, 3.05) is 18.8 Å². The smallest absolute Gasteiger partial charge is 0.326 e. The second-order valence-corrected chi connectivity index (χ2v) is 7.92. The van der Waals surface area contributed by atoms with Gasteiger partial charge in [0, 0.05) is 18.8 Å². The number of aliphatic carboxylic acids is 1. The van der Waals surface area contributed by atoms with Gasteiger partial charge in [-0.3, -0.25) is 24.2 Å². The molecule has 1 fully saturated rings. The monoisotopic (exact) mass is 488 g/mol. The van der Waals surface area contributed by atoms with Crippen LogP contribution in [0, 0.1) is 0 Å². The third kappa shape index (κ3) is 9.13. The number of aliphatic imine (C=N–C) groups is 1. The molecule has 0 bridgehead atoms. The van der Waals surface area contributed by atoms with Crippen molar-refractivity contribution >= 4 is 48.2 Å². The molecule has 11 N–H and O–H groups in total. The van der Waals surface area contributed by atoms with Crippen molar-refractivity contribution in [3.63, 3.8) is 0 Å². The van der Waals surface area contributed by atoms with E-state index in [1.165, 1.54) is 4.90 Å². The molecule has 14 nitrogen and oxygen atoms in total. The molecule has 1 aliphatic heterocycles. The van der Waals surface area contributed by atoms with Crippen LogP contribution < -0.4 is 33.6 Å². The number of carbonyl (C=O) groups is 5. The molecule has 0 aliphatic carbocycles. The third-order valence-electron chi connectivity index (χ3n) is 4.95. The van der Waals surface area contributed by atoms with Crippen LogP contribution >= 0.6 is 12.6 Å². The number of nitrogens with zero attached hydrogens (tertiary/aromatic N) is 2. The molecular weight excluding hydrogens is 456 g/mol. The molecule has 1 heterocycles. The molecule has 1 saturated heterocycles. The number of thiol groups is 1. The first kappa shape index (κ1) is 28.0.